The maximum absolute atomic E-state index is 11.4. The van der Waals surface area contributed by atoms with Crippen molar-refractivity contribution in [3.8, 4) is 5.75 Å². The number of rotatable bonds is 10. The summed E-state index contributed by atoms with van der Waals surface area (Å²) >= 11 is 0. The molecule has 31 heavy (non-hydrogen) atoms. The van der Waals surface area contributed by atoms with Crippen LogP contribution >= 0.6 is 0 Å². The van der Waals surface area contributed by atoms with Gasteiger partial charge in [0.2, 0.25) is 10.0 Å². The largest absolute Gasteiger partial charge is 0.493 e. The third-order valence-corrected chi connectivity index (χ3v) is 5.72. The number of hydrogen-bond donors (Lipinski definition) is 3. The smallest absolute Gasteiger partial charge is 0.238 e. The van der Waals surface area contributed by atoms with Crippen LogP contribution in [-0.2, 0) is 23.1 Å². The highest BCUT2D eigenvalue weighted by atomic mass is 32.2. The van der Waals surface area contributed by atoms with Crippen LogP contribution in [0.2, 0.25) is 0 Å². The number of aryl methyl sites for hydroxylation is 1. The molecule has 0 heterocycles. The summed E-state index contributed by atoms with van der Waals surface area (Å²) in [5.41, 5.74) is 3.14. The molecular weight excluding hydrogens is 412 g/mol. The molecule has 0 unspecified atom stereocenters. The van der Waals surface area contributed by atoms with E-state index in [0.717, 1.165) is 35.3 Å². The number of nitrogens with two attached hydrogens (primary N) is 1. The predicted octanol–water partition coefficient (Wildman–Crippen LogP) is 3.32. The Morgan fingerprint density at radius 1 is 1.10 bits per heavy atom. The van der Waals surface area contributed by atoms with Gasteiger partial charge in [-0.15, -0.1) is 0 Å². The molecule has 2 aromatic carbocycles. The molecule has 7 nitrogen and oxygen atoms in total. The molecule has 0 saturated carbocycles. The molecular formula is C23H34N4O3S. The third kappa shape index (κ3) is 8.59. The first-order chi connectivity index (χ1) is 14.7. The summed E-state index contributed by atoms with van der Waals surface area (Å²) in [5, 5.41) is 11.7. The van der Waals surface area contributed by atoms with Crippen molar-refractivity contribution in [1.82, 2.24) is 10.6 Å². The number of ether oxygens (including phenoxy) is 1. The van der Waals surface area contributed by atoms with Crippen LogP contribution in [0.1, 0.15) is 43.4 Å². The van der Waals surface area contributed by atoms with Crippen LogP contribution in [0.4, 0.5) is 0 Å². The molecule has 0 aromatic heterocycles. The minimum atomic E-state index is -3.68. The number of aliphatic imine (C=N–C) groups is 1. The zero-order chi connectivity index (χ0) is 22.9. The molecule has 0 saturated heterocycles. The molecule has 0 aliphatic rings. The van der Waals surface area contributed by atoms with Crippen molar-refractivity contribution in [2.75, 3.05) is 13.7 Å². The highest BCUT2D eigenvalue weighted by molar-refractivity contribution is 7.89. The Balaban J connectivity index is 1.91. The van der Waals surface area contributed by atoms with Crippen molar-refractivity contribution in [2.24, 2.45) is 16.0 Å². The van der Waals surface area contributed by atoms with Crippen molar-refractivity contribution in [3.63, 3.8) is 0 Å². The Morgan fingerprint density at radius 3 is 2.39 bits per heavy atom. The van der Waals surface area contributed by atoms with E-state index in [1.807, 2.05) is 0 Å². The molecule has 170 valence electrons. The zero-order valence-electron chi connectivity index (χ0n) is 18.8. The van der Waals surface area contributed by atoms with Gasteiger partial charge in [-0.3, -0.25) is 4.99 Å². The highest BCUT2D eigenvalue weighted by Crippen LogP contribution is 2.21. The molecule has 0 aliphatic heterocycles. The summed E-state index contributed by atoms with van der Waals surface area (Å²) in [5.74, 6) is 2.21. The van der Waals surface area contributed by atoms with E-state index in [1.165, 1.54) is 12.1 Å². The molecule has 4 N–H and O–H groups in total. The Kier molecular flexibility index (Phi) is 9.33. The summed E-state index contributed by atoms with van der Waals surface area (Å²) in [6, 6.07) is 12.7. The van der Waals surface area contributed by atoms with Gasteiger partial charge in [0.1, 0.15) is 5.75 Å². The lowest BCUT2D eigenvalue weighted by molar-refractivity contribution is 0.294. The fourth-order valence-electron chi connectivity index (χ4n) is 3.00. The van der Waals surface area contributed by atoms with Gasteiger partial charge in [-0.25, -0.2) is 13.6 Å². The number of guanidine groups is 1. The van der Waals surface area contributed by atoms with E-state index in [0.29, 0.717) is 31.6 Å². The fourth-order valence-corrected chi connectivity index (χ4v) is 3.51. The average Bonchev–Trinajstić information content (AvgIpc) is 2.72. The van der Waals surface area contributed by atoms with Gasteiger partial charge in [-0.2, -0.15) is 0 Å². The summed E-state index contributed by atoms with van der Waals surface area (Å²) < 4.78 is 28.8. The van der Waals surface area contributed by atoms with Gasteiger partial charge in [0.05, 0.1) is 11.5 Å². The van der Waals surface area contributed by atoms with Crippen molar-refractivity contribution < 1.29 is 13.2 Å². The molecule has 0 fully saturated rings. The van der Waals surface area contributed by atoms with Crippen LogP contribution in [0, 0.1) is 12.8 Å². The minimum absolute atomic E-state index is 0.0963. The minimum Gasteiger partial charge on any atom is -0.493 e. The van der Waals surface area contributed by atoms with Gasteiger partial charge in [0.25, 0.3) is 0 Å². The number of hydrogen-bond acceptors (Lipinski definition) is 4. The van der Waals surface area contributed by atoms with Gasteiger partial charge in [-0.1, -0.05) is 38.1 Å². The lowest BCUT2D eigenvalue weighted by atomic mass is 10.1. The van der Waals surface area contributed by atoms with E-state index in [2.05, 4.69) is 54.6 Å². The van der Waals surface area contributed by atoms with Crippen LogP contribution in [0.5, 0.6) is 5.75 Å². The van der Waals surface area contributed by atoms with E-state index in [-0.39, 0.29) is 4.90 Å². The van der Waals surface area contributed by atoms with Gasteiger partial charge in [0, 0.05) is 25.7 Å². The van der Waals surface area contributed by atoms with Crippen molar-refractivity contribution in [2.45, 2.75) is 51.6 Å². The number of primary sulfonamides is 1. The Labute approximate surface area is 186 Å². The van der Waals surface area contributed by atoms with Crippen LogP contribution in [0.3, 0.4) is 0 Å². The van der Waals surface area contributed by atoms with Gasteiger partial charge in [0.15, 0.2) is 5.96 Å². The second kappa shape index (κ2) is 11.7. The van der Waals surface area contributed by atoms with Crippen LogP contribution in [-0.4, -0.2) is 28.0 Å². The zero-order valence-corrected chi connectivity index (χ0v) is 19.6. The first kappa shape index (κ1) is 24.7. The van der Waals surface area contributed by atoms with Crippen molar-refractivity contribution in [1.29, 1.82) is 0 Å². The van der Waals surface area contributed by atoms with E-state index in [1.54, 1.807) is 19.2 Å². The molecule has 0 spiro atoms. The highest BCUT2D eigenvalue weighted by Gasteiger charge is 2.08. The lowest BCUT2D eigenvalue weighted by Crippen LogP contribution is -2.36. The number of sulfonamides is 1. The molecule has 2 aromatic rings. The van der Waals surface area contributed by atoms with Crippen LogP contribution in [0.25, 0.3) is 0 Å². The third-order valence-electron chi connectivity index (χ3n) is 4.79. The Hall–Kier alpha value is -2.58. The van der Waals surface area contributed by atoms with Gasteiger partial charge < -0.3 is 15.4 Å². The van der Waals surface area contributed by atoms with Gasteiger partial charge >= 0.3 is 0 Å². The molecule has 8 heteroatoms. The van der Waals surface area contributed by atoms with E-state index < -0.39 is 10.0 Å². The Bertz CT molecular complexity index is 971. The maximum Gasteiger partial charge on any atom is 0.238 e. The van der Waals surface area contributed by atoms with E-state index in [9.17, 15) is 8.42 Å². The molecule has 2 rings (SSSR count). The van der Waals surface area contributed by atoms with Crippen molar-refractivity contribution in [3.05, 3.63) is 59.2 Å². The average molecular weight is 447 g/mol. The quantitative estimate of drug-likeness (QED) is 0.295. The Morgan fingerprint density at radius 2 is 1.77 bits per heavy atom. The lowest BCUT2D eigenvalue weighted by Gasteiger charge is -2.16. The first-order valence-corrected chi connectivity index (χ1v) is 12.0. The summed E-state index contributed by atoms with van der Waals surface area (Å²) in [6.07, 6.45) is 2.18. The van der Waals surface area contributed by atoms with E-state index in [4.69, 9.17) is 9.88 Å². The summed E-state index contributed by atoms with van der Waals surface area (Å²) in [6.45, 7) is 8.26. The SMILES string of the molecule is CN=C(NCc1ccc(S(N)(=O)=O)cc1)NCc1ccc(C)cc1OCCCC(C)C. The fraction of sp³-hybridized carbons (Fsp3) is 0.435. The molecule has 0 bridgehead atoms. The second-order valence-electron chi connectivity index (χ2n) is 7.96. The predicted molar refractivity (Wildman–Crippen MR) is 126 cm³/mol. The number of nitrogens with zero attached hydrogens (tertiary/aromatic N) is 1. The molecule has 0 aliphatic carbocycles. The van der Waals surface area contributed by atoms with Gasteiger partial charge in [-0.05, 0) is 55.0 Å². The summed E-state index contributed by atoms with van der Waals surface area (Å²) in [7, 11) is -1.98. The molecule has 0 amide bonds. The maximum atomic E-state index is 11.4. The normalized spacial score (nSPS) is 12.1. The van der Waals surface area contributed by atoms with Crippen LogP contribution in [0.15, 0.2) is 52.4 Å². The first-order valence-electron chi connectivity index (χ1n) is 10.5. The number of nitrogens with one attached hydrogen (secondary N) is 2. The van der Waals surface area contributed by atoms with Crippen molar-refractivity contribution >= 4 is 16.0 Å². The monoisotopic (exact) mass is 446 g/mol. The second-order valence-corrected chi connectivity index (χ2v) is 9.53. The summed E-state index contributed by atoms with van der Waals surface area (Å²) in [4.78, 5) is 4.35. The molecule has 0 radical (unpaired) electrons. The topological polar surface area (TPSA) is 106 Å². The standard InChI is InChI=1S/C23H34N4O3S/c1-17(2)6-5-13-30-22-14-18(3)7-10-20(22)16-27-23(25-4)26-15-19-8-11-21(12-9-19)31(24,28)29/h7-12,14,17H,5-6,13,15-16H2,1-4H3,(H2,24,28,29)(H2,25,26,27). The number of benzene rings is 2. The van der Waals surface area contributed by atoms with E-state index >= 15 is 0 Å². The molecule has 0 atom stereocenters. The van der Waals surface area contributed by atoms with Crippen LogP contribution < -0.4 is 20.5 Å².